The average molecular weight is 552 g/mol. The van der Waals surface area contributed by atoms with Crippen molar-refractivity contribution in [3.8, 4) is 0 Å². The molecule has 1 aromatic heterocycles. The first-order valence-electron chi connectivity index (χ1n) is 9.08. The standard InChI is InChI=1S/C19H29N5O2S2.HI/c1-14-23-16(13-27-14)10-11-21-18(20-5)22-12-15-8-6-7-9-17(15)28(25,26)24-19(2,3)4;/h6-9,13,24H,10-12H2,1-5H3,(H2,20,21,22);1H. The first kappa shape index (κ1) is 25.8. The number of hydrogen-bond donors (Lipinski definition) is 3. The molecular formula is C19H30IN5O2S2. The summed E-state index contributed by atoms with van der Waals surface area (Å²) in [4.78, 5) is 8.91. The summed E-state index contributed by atoms with van der Waals surface area (Å²) in [5.41, 5.74) is 1.18. The number of aryl methyl sites for hydroxylation is 1. The van der Waals surface area contributed by atoms with E-state index >= 15 is 0 Å². The van der Waals surface area contributed by atoms with Crippen molar-refractivity contribution in [2.45, 2.75) is 51.1 Å². The summed E-state index contributed by atoms with van der Waals surface area (Å²) in [7, 11) is -1.92. The van der Waals surface area contributed by atoms with Crippen LogP contribution < -0.4 is 15.4 Å². The van der Waals surface area contributed by atoms with Gasteiger partial charge in [-0.3, -0.25) is 4.99 Å². The summed E-state index contributed by atoms with van der Waals surface area (Å²) in [6.07, 6.45) is 0.797. The maximum absolute atomic E-state index is 12.7. The van der Waals surface area contributed by atoms with Crippen molar-refractivity contribution < 1.29 is 8.42 Å². The third-order valence-electron chi connectivity index (χ3n) is 3.71. The van der Waals surface area contributed by atoms with Crippen LogP contribution in [-0.2, 0) is 23.0 Å². The van der Waals surface area contributed by atoms with Gasteiger partial charge in [0.05, 0.1) is 15.6 Å². The van der Waals surface area contributed by atoms with Crippen molar-refractivity contribution in [2.75, 3.05) is 13.6 Å². The van der Waals surface area contributed by atoms with E-state index in [1.807, 2.05) is 33.8 Å². The van der Waals surface area contributed by atoms with Crippen molar-refractivity contribution in [2.24, 2.45) is 4.99 Å². The second-order valence-electron chi connectivity index (χ2n) is 7.42. The Kier molecular flexibility index (Phi) is 9.99. The number of halogens is 1. The molecule has 0 saturated carbocycles. The van der Waals surface area contributed by atoms with Crippen LogP contribution in [0.5, 0.6) is 0 Å². The zero-order chi connectivity index (χ0) is 20.8. The number of nitrogens with zero attached hydrogens (tertiary/aromatic N) is 2. The third kappa shape index (κ3) is 8.57. The van der Waals surface area contributed by atoms with Gasteiger partial charge in [-0.1, -0.05) is 18.2 Å². The van der Waals surface area contributed by atoms with Gasteiger partial charge in [0.25, 0.3) is 0 Å². The van der Waals surface area contributed by atoms with Crippen LogP contribution in [0.25, 0.3) is 0 Å². The van der Waals surface area contributed by atoms with E-state index in [9.17, 15) is 8.42 Å². The molecule has 0 unspecified atom stereocenters. The van der Waals surface area contributed by atoms with Crippen LogP contribution in [0.15, 0.2) is 39.5 Å². The van der Waals surface area contributed by atoms with Crippen LogP contribution >= 0.6 is 35.3 Å². The van der Waals surface area contributed by atoms with Gasteiger partial charge in [-0.25, -0.2) is 18.1 Å². The van der Waals surface area contributed by atoms with Gasteiger partial charge < -0.3 is 10.6 Å². The molecule has 2 rings (SSSR count). The lowest BCUT2D eigenvalue weighted by molar-refractivity contribution is 0.491. The number of aromatic nitrogens is 1. The van der Waals surface area contributed by atoms with E-state index in [0.717, 1.165) is 17.1 Å². The van der Waals surface area contributed by atoms with Crippen LogP contribution in [0, 0.1) is 6.92 Å². The fourth-order valence-electron chi connectivity index (χ4n) is 2.60. The van der Waals surface area contributed by atoms with E-state index in [-0.39, 0.29) is 28.9 Å². The molecule has 0 saturated heterocycles. The number of thiazole rings is 1. The molecule has 0 atom stereocenters. The number of benzene rings is 1. The van der Waals surface area contributed by atoms with Crippen molar-refractivity contribution >= 4 is 51.3 Å². The number of guanidine groups is 1. The molecule has 1 heterocycles. The van der Waals surface area contributed by atoms with Gasteiger partial charge in [-0.05, 0) is 39.3 Å². The second kappa shape index (κ2) is 11.2. The summed E-state index contributed by atoms with van der Waals surface area (Å²) in [5, 5.41) is 9.52. The number of nitrogens with one attached hydrogen (secondary N) is 3. The highest BCUT2D eigenvalue weighted by atomic mass is 127. The highest BCUT2D eigenvalue weighted by Crippen LogP contribution is 2.17. The molecule has 0 aliphatic rings. The van der Waals surface area contributed by atoms with Gasteiger partial charge in [0, 0.05) is 37.5 Å². The maximum Gasteiger partial charge on any atom is 0.241 e. The minimum atomic E-state index is -3.61. The Labute approximate surface area is 194 Å². The Morgan fingerprint density at radius 3 is 2.48 bits per heavy atom. The zero-order valence-electron chi connectivity index (χ0n) is 17.4. The molecule has 1 aromatic carbocycles. The van der Waals surface area contributed by atoms with Gasteiger partial charge >= 0.3 is 0 Å². The lowest BCUT2D eigenvalue weighted by Crippen LogP contribution is -2.41. The van der Waals surface area contributed by atoms with Crippen LogP contribution in [0.4, 0.5) is 0 Å². The van der Waals surface area contributed by atoms with Crippen molar-refractivity contribution in [1.82, 2.24) is 20.3 Å². The Hall–Kier alpha value is -1.24. The summed E-state index contributed by atoms with van der Waals surface area (Å²) >= 11 is 1.64. The second-order valence-corrected chi connectivity index (χ2v) is 10.1. The van der Waals surface area contributed by atoms with Crippen molar-refractivity contribution in [1.29, 1.82) is 0 Å². The molecule has 0 aliphatic carbocycles. The van der Waals surface area contributed by atoms with Gasteiger partial charge in [0.15, 0.2) is 5.96 Å². The smallest absolute Gasteiger partial charge is 0.241 e. The molecule has 162 valence electrons. The van der Waals surface area contributed by atoms with E-state index < -0.39 is 15.6 Å². The van der Waals surface area contributed by atoms with Crippen LogP contribution in [-0.4, -0.2) is 38.5 Å². The Bertz CT molecular complexity index is 921. The van der Waals surface area contributed by atoms with Crippen LogP contribution in [0.3, 0.4) is 0 Å². The highest BCUT2D eigenvalue weighted by molar-refractivity contribution is 14.0. The molecule has 0 bridgehead atoms. The van der Waals surface area contributed by atoms with E-state index in [4.69, 9.17) is 0 Å². The Morgan fingerprint density at radius 1 is 1.21 bits per heavy atom. The maximum atomic E-state index is 12.7. The quantitative estimate of drug-likeness (QED) is 0.280. The third-order valence-corrected chi connectivity index (χ3v) is 6.39. The molecular weight excluding hydrogens is 521 g/mol. The van der Waals surface area contributed by atoms with Gasteiger partial charge in [-0.15, -0.1) is 35.3 Å². The fourth-order valence-corrected chi connectivity index (χ4v) is 4.91. The molecule has 2 aromatic rings. The molecule has 0 fully saturated rings. The monoisotopic (exact) mass is 551 g/mol. The molecule has 3 N–H and O–H groups in total. The van der Waals surface area contributed by atoms with E-state index in [1.165, 1.54) is 0 Å². The lowest BCUT2D eigenvalue weighted by atomic mass is 10.1. The molecule has 0 aliphatic heterocycles. The SMILES string of the molecule is CN=C(NCCc1csc(C)n1)NCc1ccccc1S(=O)(=O)NC(C)(C)C.I. The topological polar surface area (TPSA) is 95.5 Å². The van der Waals surface area contributed by atoms with Gasteiger partial charge in [0.1, 0.15) is 0 Å². The molecule has 10 heteroatoms. The predicted molar refractivity (Wildman–Crippen MR) is 131 cm³/mol. The summed E-state index contributed by atoms with van der Waals surface area (Å²) in [6, 6.07) is 6.97. The minimum Gasteiger partial charge on any atom is -0.356 e. The largest absolute Gasteiger partial charge is 0.356 e. The minimum absolute atomic E-state index is 0. The number of aliphatic imine (C=N–C) groups is 1. The fraction of sp³-hybridized carbons (Fsp3) is 0.474. The number of sulfonamides is 1. The molecule has 0 radical (unpaired) electrons. The average Bonchev–Trinajstić information content (AvgIpc) is 3.01. The van der Waals surface area contributed by atoms with E-state index in [1.54, 1.807) is 36.6 Å². The Morgan fingerprint density at radius 2 is 1.90 bits per heavy atom. The van der Waals surface area contributed by atoms with Crippen molar-refractivity contribution in [3.63, 3.8) is 0 Å². The molecule has 0 amide bonds. The van der Waals surface area contributed by atoms with Crippen LogP contribution in [0.2, 0.25) is 0 Å². The van der Waals surface area contributed by atoms with Crippen LogP contribution in [0.1, 0.15) is 37.0 Å². The molecule has 7 nitrogen and oxygen atoms in total. The summed E-state index contributed by atoms with van der Waals surface area (Å²) in [5.74, 6) is 0.614. The first-order chi connectivity index (χ1) is 13.1. The van der Waals surface area contributed by atoms with E-state index in [0.29, 0.717) is 24.6 Å². The number of hydrogen-bond acceptors (Lipinski definition) is 5. The van der Waals surface area contributed by atoms with E-state index in [2.05, 4.69) is 30.7 Å². The predicted octanol–water partition coefficient (Wildman–Crippen LogP) is 3.05. The highest BCUT2D eigenvalue weighted by Gasteiger charge is 2.24. The summed E-state index contributed by atoms with van der Waals surface area (Å²) < 4.78 is 28.1. The van der Waals surface area contributed by atoms with Gasteiger partial charge in [-0.2, -0.15) is 0 Å². The first-order valence-corrected chi connectivity index (χ1v) is 11.4. The molecule has 0 spiro atoms. The zero-order valence-corrected chi connectivity index (χ0v) is 21.4. The lowest BCUT2D eigenvalue weighted by Gasteiger charge is -2.22. The molecule has 29 heavy (non-hydrogen) atoms. The van der Waals surface area contributed by atoms with Gasteiger partial charge in [0.2, 0.25) is 10.0 Å². The Balaban J connectivity index is 0.00000420. The normalized spacial score (nSPS) is 12.4. The summed E-state index contributed by atoms with van der Waals surface area (Å²) in [6.45, 7) is 8.48. The van der Waals surface area contributed by atoms with Crippen molar-refractivity contribution in [3.05, 3.63) is 45.9 Å². The number of rotatable bonds is 7.